The summed E-state index contributed by atoms with van der Waals surface area (Å²) in [6.45, 7) is 1.61. The number of imide groups is 1. The maximum Gasteiger partial charge on any atom is 0.331 e. The van der Waals surface area contributed by atoms with Crippen LogP contribution in [0.3, 0.4) is 0 Å². The fourth-order valence-electron chi connectivity index (χ4n) is 7.20. The highest BCUT2D eigenvalue weighted by atomic mass is 19.3. The van der Waals surface area contributed by atoms with E-state index < -0.39 is 17.9 Å². The molecule has 0 spiro atoms. The van der Waals surface area contributed by atoms with E-state index >= 15 is 0 Å². The quantitative estimate of drug-likeness (QED) is 0.268. The number of urea groups is 1. The van der Waals surface area contributed by atoms with E-state index in [-0.39, 0.29) is 32.0 Å². The standard InChI is InChI=1S/C34H43F2N5O4/c1-44-28-9-8-26(31(20-28)45-2)22-40-32(42)13-16-39(33(40)43)30-21-37-41-17-12-25(19-29(30)41)18-24-10-14-38(15-11-24)23-34(35,36)27-6-4-3-5-7-27/h8-9,12,17,19-21,24,27H,3-7,10-11,13-16,18,22-23H2,1-2H3. The monoisotopic (exact) mass is 623 g/mol. The summed E-state index contributed by atoms with van der Waals surface area (Å²) < 4.78 is 42.5. The van der Waals surface area contributed by atoms with Crippen molar-refractivity contribution in [3.8, 4) is 11.5 Å². The van der Waals surface area contributed by atoms with Gasteiger partial charge in [0.15, 0.2) is 0 Å². The number of fused-ring (bicyclic) bond motifs is 1. The minimum Gasteiger partial charge on any atom is -0.497 e. The lowest BCUT2D eigenvalue weighted by Gasteiger charge is -2.37. The Hall–Kier alpha value is -3.73. The molecule has 4 heterocycles. The smallest absolute Gasteiger partial charge is 0.331 e. The Bertz CT molecular complexity index is 1510. The maximum atomic E-state index is 15.0. The highest BCUT2D eigenvalue weighted by Crippen LogP contribution is 2.38. The molecule has 1 saturated carbocycles. The van der Waals surface area contributed by atoms with Crippen molar-refractivity contribution in [2.75, 3.05) is 45.3 Å². The van der Waals surface area contributed by atoms with Gasteiger partial charge in [-0.2, -0.15) is 5.10 Å². The first-order valence-electron chi connectivity index (χ1n) is 16.1. The number of pyridine rings is 1. The van der Waals surface area contributed by atoms with Crippen molar-refractivity contribution in [3.05, 3.63) is 53.9 Å². The van der Waals surface area contributed by atoms with Gasteiger partial charge in [0.25, 0.3) is 5.92 Å². The van der Waals surface area contributed by atoms with Crippen molar-refractivity contribution in [1.82, 2.24) is 19.4 Å². The number of halogens is 2. The average molecular weight is 624 g/mol. The third-order valence-corrected chi connectivity index (χ3v) is 9.86. The summed E-state index contributed by atoms with van der Waals surface area (Å²) in [5.41, 5.74) is 3.27. The third-order valence-electron chi connectivity index (χ3n) is 9.86. The number of ether oxygens (including phenoxy) is 2. The lowest BCUT2D eigenvalue weighted by Crippen LogP contribution is -2.52. The lowest BCUT2D eigenvalue weighted by atomic mass is 9.84. The second-order valence-electron chi connectivity index (χ2n) is 12.8. The number of hydrogen-bond acceptors (Lipinski definition) is 6. The van der Waals surface area contributed by atoms with Gasteiger partial charge in [-0.15, -0.1) is 0 Å². The van der Waals surface area contributed by atoms with E-state index in [1.54, 1.807) is 48.0 Å². The van der Waals surface area contributed by atoms with Gasteiger partial charge in [-0.25, -0.2) is 18.1 Å². The van der Waals surface area contributed by atoms with Gasteiger partial charge in [-0.05, 0) is 80.9 Å². The van der Waals surface area contributed by atoms with Gasteiger partial charge in [0.1, 0.15) is 11.5 Å². The highest BCUT2D eigenvalue weighted by molar-refractivity contribution is 6.07. The van der Waals surface area contributed by atoms with Crippen molar-refractivity contribution in [1.29, 1.82) is 0 Å². The summed E-state index contributed by atoms with van der Waals surface area (Å²) in [4.78, 5) is 31.5. The van der Waals surface area contributed by atoms with Gasteiger partial charge in [-0.1, -0.05) is 19.3 Å². The average Bonchev–Trinajstić information content (AvgIpc) is 3.47. The predicted octanol–water partition coefficient (Wildman–Crippen LogP) is 6.18. The molecular formula is C34H43F2N5O4. The Morgan fingerprint density at radius 3 is 2.47 bits per heavy atom. The number of likely N-dealkylation sites (tertiary alicyclic amines) is 1. The molecule has 3 fully saturated rings. The predicted molar refractivity (Wildman–Crippen MR) is 167 cm³/mol. The molecule has 1 aromatic carbocycles. The van der Waals surface area contributed by atoms with Gasteiger partial charge in [-0.3, -0.25) is 19.5 Å². The maximum absolute atomic E-state index is 15.0. The Morgan fingerprint density at radius 2 is 1.73 bits per heavy atom. The molecule has 0 radical (unpaired) electrons. The highest BCUT2D eigenvalue weighted by Gasteiger charge is 2.42. The first kappa shape index (κ1) is 31.3. The zero-order valence-corrected chi connectivity index (χ0v) is 26.2. The lowest BCUT2D eigenvalue weighted by molar-refractivity contribution is -0.129. The first-order valence-corrected chi connectivity index (χ1v) is 16.1. The minimum atomic E-state index is -2.61. The van der Waals surface area contributed by atoms with Gasteiger partial charge in [0.2, 0.25) is 5.91 Å². The number of alkyl halides is 2. The van der Waals surface area contributed by atoms with Crippen molar-refractivity contribution < 1.29 is 27.8 Å². The molecule has 0 unspecified atom stereocenters. The minimum absolute atomic E-state index is 0.0804. The van der Waals surface area contributed by atoms with Crippen LogP contribution in [-0.4, -0.2) is 77.7 Å². The van der Waals surface area contributed by atoms with Gasteiger partial charge >= 0.3 is 6.03 Å². The SMILES string of the molecule is COc1ccc(CN2C(=O)CCN(c3cnn4ccc(CC5CCN(CC(F)(F)C6CCCCC6)CC5)cc34)C2=O)c(OC)c1. The number of hydrogen-bond donors (Lipinski definition) is 0. The molecule has 0 bridgehead atoms. The van der Waals surface area contributed by atoms with Crippen LogP contribution in [0.1, 0.15) is 62.5 Å². The molecule has 6 rings (SSSR count). The second kappa shape index (κ2) is 13.3. The van der Waals surface area contributed by atoms with Crippen molar-refractivity contribution >= 4 is 23.1 Å². The van der Waals surface area contributed by atoms with E-state index in [9.17, 15) is 18.4 Å². The van der Waals surface area contributed by atoms with E-state index in [0.717, 1.165) is 49.6 Å². The normalized spacial score (nSPS) is 19.5. The van der Waals surface area contributed by atoms with E-state index in [1.807, 2.05) is 17.2 Å². The number of methoxy groups -OCH3 is 2. The number of aromatic nitrogens is 2. The molecule has 9 nitrogen and oxygen atoms in total. The zero-order valence-electron chi connectivity index (χ0n) is 26.2. The molecule has 0 N–H and O–H groups in total. The van der Waals surface area contributed by atoms with Gasteiger partial charge in [0.05, 0.1) is 44.7 Å². The van der Waals surface area contributed by atoms with E-state index in [1.165, 1.54) is 4.90 Å². The fraction of sp³-hybridized carbons (Fsp3) is 0.559. The molecule has 0 atom stereocenters. The molecule has 1 aliphatic carbocycles. The summed E-state index contributed by atoms with van der Waals surface area (Å²) in [7, 11) is 3.11. The Morgan fingerprint density at radius 1 is 0.956 bits per heavy atom. The van der Waals surface area contributed by atoms with Crippen LogP contribution in [0.4, 0.5) is 19.3 Å². The number of amides is 3. The molecule has 3 aromatic rings. The number of benzene rings is 1. The van der Waals surface area contributed by atoms with Crippen LogP contribution in [0.25, 0.3) is 5.52 Å². The molecule has 2 aromatic heterocycles. The largest absolute Gasteiger partial charge is 0.497 e. The first-order chi connectivity index (χ1) is 21.8. The summed E-state index contributed by atoms with van der Waals surface area (Å²) >= 11 is 0. The van der Waals surface area contributed by atoms with Crippen LogP contribution in [0.2, 0.25) is 0 Å². The molecule has 2 saturated heterocycles. The van der Waals surface area contributed by atoms with E-state index in [2.05, 4.69) is 11.2 Å². The van der Waals surface area contributed by atoms with Crippen molar-refractivity contribution in [3.63, 3.8) is 0 Å². The zero-order chi connectivity index (χ0) is 31.6. The fourth-order valence-corrected chi connectivity index (χ4v) is 7.20. The summed E-state index contributed by atoms with van der Waals surface area (Å²) in [6, 6.07) is 9.00. The summed E-state index contributed by atoms with van der Waals surface area (Å²) in [5, 5.41) is 4.48. The van der Waals surface area contributed by atoms with Crippen LogP contribution in [0.5, 0.6) is 11.5 Å². The molecule has 11 heteroatoms. The molecule has 45 heavy (non-hydrogen) atoms. The molecule has 3 amide bonds. The van der Waals surface area contributed by atoms with Gasteiger partial charge in [0, 0.05) is 36.7 Å². The number of carbonyl (C=O) groups is 2. The van der Waals surface area contributed by atoms with E-state index in [4.69, 9.17) is 9.47 Å². The molecule has 2 aliphatic heterocycles. The van der Waals surface area contributed by atoms with Crippen molar-refractivity contribution in [2.45, 2.75) is 70.3 Å². The Kier molecular flexibility index (Phi) is 9.26. The number of rotatable bonds is 10. The molecular weight excluding hydrogens is 580 g/mol. The topological polar surface area (TPSA) is 79.6 Å². The van der Waals surface area contributed by atoms with Crippen LogP contribution < -0.4 is 14.4 Å². The van der Waals surface area contributed by atoms with E-state index in [0.29, 0.717) is 54.6 Å². The second-order valence-corrected chi connectivity index (χ2v) is 12.8. The number of nitrogens with zero attached hydrogens (tertiary/aromatic N) is 5. The summed E-state index contributed by atoms with van der Waals surface area (Å²) in [5.74, 6) is -1.75. The molecule has 242 valence electrons. The van der Waals surface area contributed by atoms with Crippen LogP contribution in [0, 0.1) is 11.8 Å². The van der Waals surface area contributed by atoms with Crippen molar-refractivity contribution in [2.24, 2.45) is 11.8 Å². The third kappa shape index (κ3) is 6.78. The van der Waals surface area contributed by atoms with Gasteiger partial charge < -0.3 is 9.47 Å². The summed E-state index contributed by atoms with van der Waals surface area (Å²) in [6.07, 6.45) is 10.6. The Balaban J connectivity index is 1.11. The number of piperidine rings is 1. The number of carbonyl (C=O) groups excluding carboxylic acids is 2. The van der Waals surface area contributed by atoms with Crippen LogP contribution in [-0.2, 0) is 17.8 Å². The number of anilines is 1. The van der Waals surface area contributed by atoms with Crippen LogP contribution in [0.15, 0.2) is 42.7 Å². The Labute approximate surface area is 263 Å². The molecule has 3 aliphatic rings. The van der Waals surface area contributed by atoms with Crippen LogP contribution >= 0.6 is 0 Å².